The largest absolute Gasteiger partial charge is 0.339 e. The predicted molar refractivity (Wildman–Crippen MR) is 101 cm³/mol. The van der Waals surface area contributed by atoms with E-state index in [0.717, 1.165) is 18.9 Å². The summed E-state index contributed by atoms with van der Waals surface area (Å²) in [5, 5.41) is 4.39. The zero-order chi connectivity index (χ0) is 17.5. The molecule has 0 bridgehead atoms. The first-order chi connectivity index (χ1) is 10.6. The molecular formula is C18H28Cl2NOSi. The topological polar surface area (TPSA) is 29.1 Å². The molecule has 1 fully saturated rings. The van der Waals surface area contributed by atoms with E-state index in [1.54, 1.807) is 0 Å². The summed E-state index contributed by atoms with van der Waals surface area (Å²) in [5.41, 5.74) is 4.19. The van der Waals surface area contributed by atoms with E-state index < -0.39 is 13.4 Å². The lowest BCUT2D eigenvalue weighted by Crippen LogP contribution is -2.64. The maximum absolute atomic E-state index is 12.3. The highest BCUT2D eigenvalue weighted by atomic mass is 35.5. The summed E-state index contributed by atoms with van der Waals surface area (Å²) in [6, 6.07) is 1.08. The molecule has 2 nitrogen and oxygen atoms in total. The second-order valence-corrected chi connectivity index (χ2v) is 11.5. The summed E-state index contributed by atoms with van der Waals surface area (Å²) in [7, 11) is -1.16. The van der Waals surface area contributed by atoms with Crippen molar-refractivity contribution in [3.05, 3.63) is 21.9 Å². The first-order valence-corrected chi connectivity index (χ1v) is 11.0. The van der Waals surface area contributed by atoms with Crippen LogP contribution in [0.2, 0.25) is 6.04 Å². The highest BCUT2D eigenvalue weighted by Gasteiger charge is 2.51. The first-order valence-electron chi connectivity index (χ1n) is 8.51. The molecule has 0 aromatic heterocycles. The van der Waals surface area contributed by atoms with E-state index in [1.807, 2.05) is 13.8 Å². The Morgan fingerprint density at radius 2 is 1.91 bits per heavy atom. The molecule has 1 N–H and O–H groups in total. The van der Waals surface area contributed by atoms with E-state index in [1.165, 1.54) is 21.9 Å². The molecule has 1 saturated heterocycles. The molecule has 3 unspecified atom stereocenters. The quantitative estimate of drug-likeness (QED) is 0.422. The van der Waals surface area contributed by atoms with E-state index in [0.29, 0.717) is 5.92 Å². The van der Waals surface area contributed by atoms with Gasteiger partial charge in [-0.25, -0.2) is 0 Å². The average molecular weight is 373 g/mol. The molecule has 0 saturated carbocycles. The Morgan fingerprint density at radius 3 is 2.39 bits per heavy atom. The Labute approximate surface area is 152 Å². The van der Waals surface area contributed by atoms with Gasteiger partial charge >= 0.3 is 0 Å². The van der Waals surface area contributed by atoms with Gasteiger partial charge < -0.3 is 5.32 Å². The number of amides is 1. The van der Waals surface area contributed by atoms with Gasteiger partial charge in [-0.15, -0.1) is 11.6 Å². The molecule has 0 aromatic carbocycles. The second-order valence-electron chi connectivity index (χ2n) is 7.26. The third-order valence-electron chi connectivity index (χ3n) is 5.55. The Balaban J connectivity index is 2.41. The molecule has 1 amide bonds. The Kier molecular flexibility index (Phi) is 5.75. The van der Waals surface area contributed by atoms with Crippen molar-refractivity contribution < 1.29 is 4.79 Å². The minimum absolute atomic E-state index is 0.000330. The van der Waals surface area contributed by atoms with Crippen LogP contribution in [0.25, 0.3) is 0 Å². The van der Waals surface area contributed by atoms with Crippen molar-refractivity contribution in [1.82, 2.24) is 5.32 Å². The predicted octanol–water partition coefficient (Wildman–Crippen LogP) is 4.97. The molecule has 2 rings (SSSR count). The van der Waals surface area contributed by atoms with Crippen LogP contribution >= 0.6 is 23.2 Å². The van der Waals surface area contributed by atoms with Crippen LogP contribution in [-0.4, -0.2) is 24.7 Å². The smallest absolute Gasteiger partial charge is 0.223 e. The van der Waals surface area contributed by atoms with Crippen molar-refractivity contribution in [3.8, 4) is 0 Å². The van der Waals surface area contributed by atoms with Crippen molar-refractivity contribution in [3.63, 3.8) is 0 Å². The fourth-order valence-corrected chi connectivity index (χ4v) is 8.84. The summed E-state index contributed by atoms with van der Waals surface area (Å²) in [6.07, 6.45) is 1.96. The summed E-state index contributed by atoms with van der Waals surface area (Å²) < 4.78 is -0.790. The van der Waals surface area contributed by atoms with Crippen LogP contribution in [0.3, 0.4) is 0 Å². The van der Waals surface area contributed by atoms with Crippen LogP contribution < -0.4 is 5.32 Å². The van der Waals surface area contributed by atoms with Crippen LogP contribution in [0, 0.1) is 11.8 Å². The van der Waals surface area contributed by atoms with Crippen molar-refractivity contribution in [2.75, 3.05) is 0 Å². The number of rotatable bonds is 3. The fourth-order valence-electron chi connectivity index (χ4n) is 3.69. The lowest BCUT2D eigenvalue weighted by atomic mass is 10.1. The number of carbonyl (C=O) groups is 1. The van der Waals surface area contributed by atoms with Crippen LogP contribution in [0.5, 0.6) is 0 Å². The van der Waals surface area contributed by atoms with Gasteiger partial charge in [0.15, 0.2) is 0 Å². The van der Waals surface area contributed by atoms with E-state index in [4.69, 9.17) is 23.2 Å². The number of nitrogens with one attached hydrogen (secondary N) is 1. The standard InChI is InChI=1S/C18H28Cl2NOSi/c1-10(2)17(22)21-18(20)15(19)8-7-9-23(18)16-13(5)11(3)12(4)14(16)6/h10,13,15H,7-9H2,1-6H3,(H,21,22). The number of hydrogen-bond donors (Lipinski definition) is 1. The summed E-state index contributed by atoms with van der Waals surface area (Å²) in [4.78, 5) is 12.3. The molecule has 2 aliphatic rings. The van der Waals surface area contributed by atoms with E-state index in [9.17, 15) is 4.79 Å². The zero-order valence-electron chi connectivity index (χ0n) is 15.0. The van der Waals surface area contributed by atoms with Gasteiger partial charge in [-0.3, -0.25) is 4.79 Å². The Hall–Kier alpha value is -0.253. The molecule has 1 aliphatic carbocycles. The first kappa shape index (κ1) is 19.1. The Morgan fingerprint density at radius 1 is 1.30 bits per heavy atom. The monoisotopic (exact) mass is 372 g/mol. The Bertz CT molecular complexity index is 569. The maximum Gasteiger partial charge on any atom is 0.223 e. The molecule has 0 aromatic rings. The van der Waals surface area contributed by atoms with Gasteiger partial charge in [0.2, 0.25) is 5.91 Å². The molecule has 3 atom stereocenters. The van der Waals surface area contributed by atoms with Crippen molar-refractivity contribution in [1.29, 1.82) is 0 Å². The molecule has 1 aliphatic heterocycles. The van der Waals surface area contributed by atoms with E-state index in [-0.39, 0.29) is 17.2 Å². The molecule has 5 heteroatoms. The van der Waals surface area contributed by atoms with Crippen LogP contribution in [0.1, 0.15) is 54.4 Å². The zero-order valence-corrected chi connectivity index (χ0v) is 17.5. The maximum atomic E-state index is 12.3. The highest BCUT2D eigenvalue weighted by Crippen LogP contribution is 2.46. The minimum atomic E-state index is -1.16. The summed E-state index contributed by atoms with van der Waals surface area (Å²) in [5.74, 6) is 0.331. The second kappa shape index (κ2) is 6.93. The van der Waals surface area contributed by atoms with Gasteiger partial charge in [0.1, 0.15) is 13.4 Å². The fraction of sp³-hybridized carbons (Fsp3) is 0.722. The normalized spacial score (nSPS) is 32.9. The van der Waals surface area contributed by atoms with E-state index in [2.05, 4.69) is 33.0 Å². The molecule has 1 heterocycles. The number of allylic oxidation sites excluding steroid dienone is 4. The molecule has 23 heavy (non-hydrogen) atoms. The SMILES string of the molecule is CC1=C(C)C(C)C([Si]2CCCC(Cl)C2(Cl)NC(=O)C(C)C)=C1C. The molecule has 1 radical (unpaired) electrons. The summed E-state index contributed by atoms with van der Waals surface area (Å²) in [6.45, 7) is 12.7. The number of carbonyl (C=O) groups excluding carboxylic acids is 1. The van der Waals surface area contributed by atoms with Gasteiger partial charge in [0.25, 0.3) is 0 Å². The summed E-state index contributed by atoms with van der Waals surface area (Å²) >= 11 is 13.7. The van der Waals surface area contributed by atoms with Gasteiger partial charge in [-0.1, -0.05) is 61.2 Å². The lowest BCUT2D eigenvalue weighted by molar-refractivity contribution is -0.124. The average Bonchev–Trinajstić information content (AvgIpc) is 2.66. The van der Waals surface area contributed by atoms with Crippen LogP contribution in [-0.2, 0) is 4.79 Å². The van der Waals surface area contributed by atoms with Gasteiger partial charge in [0.05, 0.1) is 5.38 Å². The number of halogens is 2. The molecule has 0 spiro atoms. The van der Waals surface area contributed by atoms with Gasteiger partial charge in [0, 0.05) is 5.92 Å². The van der Waals surface area contributed by atoms with Crippen LogP contribution in [0.15, 0.2) is 21.9 Å². The third kappa shape index (κ3) is 3.29. The highest BCUT2D eigenvalue weighted by molar-refractivity contribution is 6.80. The molecular weight excluding hydrogens is 345 g/mol. The third-order valence-corrected chi connectivity index (χ3v) is 11.1. The molecule has 129 valence electrons. The van der Waals surface area contributed by atoms with E-state index >= 15 is 0 Å². The van der Waals surface area contributed by atoms with Crippen molar-refractivity contribution in [2.24, 2.45) is 11.8 Å². The minimum Gasteiger partial charge on any atom is -0.339 e. The number of alkyl halides is 2. The van der Waals surface area contributed by atoms with Gasteiger partial charge in [-0.2, -0.15) is 0 Å². The van der Waals surface area contributed by atoms with Crippen molar-refractivity contribution in [2.45, 2.75) is 70.4 Å². The van der Waals surface area contributed by atoms with Crippen molar-refractivity contribution >= 4 is 37.9 Å². The van der Waals surface area contributed by atoms with Crippen LogP contribution in [0.4, 0.5) is 0 Å². The lowest BCUT2D eigenvalue weighted by Gasteiger charge is -2.44. The van der Waals surface area contributed by atoms with Gasteiger partial charge in [-0.05, 0) is 38.7 Å². The number of hydrogen-bond acceptors (Lipinski definition) is 1.